The van der Waals surface area contributed by atoms with Gasteiger partial charge in [0.25, 0.3) is 5.91 Å². The molecule has 3 aromatic carbocycles. The zero-order valence-corrected chi connectivity index (χ0v) is 18.5. The number of carbonyl (C=O) groups excluding carboxylic acids is 2. The van der Waals surface area contributed by atoms with Crippen LogP contribution in [0.5, 0.6) is 5.75 Å². The Morgan fingerprint density at radius 2 is 1.62 bits per heavy atom. The quantitative estimate of drug-likeness (QED) is 0.641. The van der Waals surface area contributed by atoms with Crippen LogP contribution in [0, 0.1) is 12.8 Å². The van der Waals surface area contributed by atoms with Gasteiger partial charge in [0.15, 0.2) is 0 Å². The predicted molar refractivity (Wildman–Crippen MR) is 125 cm³/mol. The van der Waals surface area contributed by atoms with Crippen LogP contribution in [0.25, 0.3) is 0 Å². The second-order valence-electron chi connectivity index (χ2n) is 8.23. The number of methoxy groups -OCH3 is 1. The molecule has 164 valence electrons. The zero-order valence-electron chi connectivity index (χ0n) is 18.5. The van der Waals surface area contributed by atoms with Crippen molar-refractivity contribution in [3.8, 4) is 5.75 Å². The minimum absolute atomic E-state index is 0.0519. The first-order valence-corrected chi connectivity index (χ1v) is 10.9. The van der Waals surface area contributed by atoms with E-state index >= 15 is 0 Å². The summed E-state index contributed by atoms with van der Waals surface area (Å²) >= 11 is 0. The molecule has 0 aliphatic carbocycles. The van der Waals surface area contributed by atoms with E-state index in [1.54, 1.807) is 12.0 Å². The van der Waals surface area contributed by atoms with Gasteiger partial charge in [0, 0.05) is 31.1 Å². The predicted octanol–water partition coefficient (Wildman–Crippen LogP) is 4.18. The van der Waals surface area contributed by atoms with Crippen molar-refractivity contribution < 1.29 is 14.3 Å². The maximum Gasteiger partial charge on any atom is 0.253 e. The largest absolute Gasteiger partial charge is 0.496 e. The summed E-state index contributed by atoms with van der Waals surface area (Å²) in [5.41, 5.74) is 3.74. The second-order valence-corrected chi connectivity index (χ2v) is 8.23. The number of ether oxygens (including phenoxy) is 1. The third-order valence-corrected chi connectivity index (χ3v) is 6.09. The maximum atomic E-state index is 13.3. The second kappa shape index (κ2) is 9.69. The van der Waals surface area contributed by atoms with Crippen molar-refractivity contribution in [3.05, 3.63) is 101 Å². The van der Waals surface area contributed by atoms with Crippen molar-refractivity contribution in [3.63, 3.8) is 0 Å². The first-order chi connectivity index (χ1) is 15.6. The molecule has 1 fully saturated rings. The van der Waals surface area contributed by atoms with Crippen LogP contribution >= 0.6 is 0 Å². The molecule has 2 amide bonds. The molecule has 0 radical (unpaired) electrons. The third-order valence-electron chi connectivity index (χ3n) is 6.09. The standard InChI is InChI=1S/C27H28N2O3/c1-19-12-14-21(15-13-19)27(31)29-17-23(22-10-6-7-11-25(22)32-2)24(18-29)26(30)28-16-20-8-4-3-5-9-20/h3-15,23-24H,16-18H2,1-2H3,(H,28,30)/t23-,24-/m0/s1. The van der Waals surface area contributed by atoms with E-state index in [2.05, 4.69) is 5.32 Å². The van der Waals surface area contributed by atoms with Crippen molar-refractivity contribution >= 4 is 11.8 Å². The molecular formula is C27H28N2O3. The molecule has 4 rings (SSSR count). The highest BCUT2D eigenvalue weighted by Crippen LogP contribution is 2.38. The highest BCUT2D eigenvalue weighted by molar-refractivity contribution is 5.95. The first-order valence-electron chi connectivity index (χ1n) is 10.9. The molecule has 1 saturated heterocycles. The zero-order chi connectivity index (χ0) is 22.5. The number of nitrogens with zero attached hydrogens (tertiary/aromatic N) is 1. The summed E-state index contributed by atoms with van der Waals surface area (Å²) in [6.45, 7) is 3.29. The number of likely N-dealkylation sites (tertiary alicyclic amines) is 1. The average molecular weight is 429 g/mol. The van der Waals surface area contributed by atoms with E-state index in [9.17, 15) is 9.59 Å². The van der Waals surface area contributed by atoms with E-state index < -0.39 is 0 Å². The number of rotatable bonds is 6. The average Bonchev–Trinajstić information content (AvgIpc) is 3.28. The van der Waals surface area contributed by atoms with Gasteiger partial charge in [0.2, 0.25) is 5.91 Å². The van der Waals surface area contributed by atoms with E-state index in [4.69, 9.17) is 4.74 Å². The van der Waals surface area contributed by atoms with Crippen molar-refractivity contribution in [1.29, 1.82) is 0 Å². The van der Waals surface area contributed by atoms with Crippen molar-refractivity contribution in [2.45, 2.75) is 19.4 Å². The lowest BCUT2D eigenvalue weighted by Crippen LogP contribution is -2.35. The van der Waals surface area contributed by atoms with Gasteiger partial charge in [-0.15, -0.1) is 0 Å². The fourth-order valence-corrected chi connectivity index (χ4v) is 4.32. The monoisotopic (exact) mass is 428 g/mol. The molecule has 5 heteroatoms. The van der Waals surface area contributed by atoms with Crippen LogP contribution in [0.3, 0.4) is 0 Å². The van der Waals surface area contributed by atoms with Gasteiger partial charge in [0.1, 0.15) is 5.75 Å². The Labute approximate surface area is 189 Å². The van der Waals surface area contributed by atoms with E-state index in [0.29, 0.717) is 25.2 Å². The molecule has 1 N–H and O–H groups in total. The van der Waals surface area contributed by atoms with Crippen LogP contribution in [0.2, 0.25) is 0 Å². The number of aryl methyl sites for hydroxylation is 1. The van der Waals surface area contributed by atoms with Gasteiger partial charge in [-0.1, -0.05) is 66.2 Å². The molecule has 0 aromatic heterocycles. The Hall–Kier alpha value is -3.60. The summed E-state index contributed by atoms with van der Waals surface area (Å²) in [5.74, 6) is 0.135. The molecule has 3 aromatic rings. The number of benzene rings is 3. The van der Waals surface area contributed by atoms with Crippen LogP contribution in [-0.2, 0) is 11.3 Å². The van der Waals surface area contributed by atoms with Crippen LogP contribution in [-0.4, -0.2) is 36.9 Å². The van der Waals surface area contributed by atoms with Gasteiger partial charge in [-0.2, -0.15) is 0 Å². The van der Waals surface area contributed by atoms with Gasteiger partial charge >= 0.3 is 0 Å². The fraction of sp³-hybridized carbons (Fsp3) is 0.259. The van der Waals surface area contributed by atoms with E-state index in [-0.39, 0.29) is 23.7 Å². The normalized spacial score (nSPS) is 17.8. The minimum atomic E-state index is -0.357. The summed E-state index contributed by atoms with van der Waals surface area (Å²) in [6.07, 6.45) is 0. The van der Waals surface area contributed by atoms with E-state index in [1.165, 1.54) is 0 Å². The Balaban J connectivity index is 1.58. The molecule has 0 saturated carbocycles. The highest BCUT2D eigenvalue weighted by Gasteiger charge is 2.41. The van der Waals surface area contributed by atoms with Crippen molar-refractivity contribution in [2.75, 3.05) is 20.2 Å². The number of amides is 2. The molecule has 1 heterocycles. The molecule has 1 aliphatic heterocycles. The lowest BCUT2D eigenvalue weighted by molar-refractivity contribution is -0.125. The van der Waals surface area contributed by atoms with Crippen LogP contribution < -0.4 is 10.1 Å². The van der Waals surface area contributed by atoms with Gasteiger partial charge in [-0.25, -0.2) is 0 Å². The van der Waals surface area contributed by atoms with Gasteiger partial charge < -0.3 is 15.0 Å². The highest BCUT2D eigenvalue weighted by atomic mass is 16.5. The SMILES string of the molecule is COc1ccccc1[C@@H]1CN(C(=O)c2ccc(C)cc2)C[C@@H]1C(=O)NCc1ccccc1. The topological polar surface area (TPSA) is 58.6 Å². The molecule has 0 bridgehead atoms. The van der Waals surface area contributed by atoms with Crippen LogP contribution in [0.1, 0.15) is 33.0 Å². The third kappa shape index (κ3) is 4.67. The molecule has 5 nitrogen and oxygen atoms in total. The van der Waals surface area contributed by atoms with E-state index in [1.807, 2.05) is 85.8 Å². The summed E-state index contributed by atoms with van der Waals surface area (Å²) in [7, 11) is 1.63. The molecule has 0 spiro atoms. The Morgan fingerprint density at radius 1 is 0.938 bits per heavy atom. The minimum Gasteiger partial charge on any atom is -0.496 e. The Morgan fingerprint density at radius 3 is 2.34 bits per heavy atom. The Bertz CT molecular complexity index is 1080. The lowest BCUT2D eigenvalue weighted by atomic mass is 9.87. The Kier molecular flexibility index (Phi) is 6.55. The molecule has 2 atom stereocenters. The smallest absolute Gasteiger partial charge is 0.253 e. The molecule has 32 heavy (non-hydrogen) atoms. The summed E-state index contributed by atoms with van der Waals surface area (Å²) in [6, 6.07) is 25.1. The van der Waals surface area contributed by atoms with Gasteiger partial charge in [-0.3, -0.25) is 9.59 Å². The first kappa shape index (κ1) is 21.6. The van der Waals surface area contributed by atoms with Crippen LogP contribution in [0.15, 0.2) is 78.9 Å². The fourth-order valence-electron chi connectivity index (χ4n) is 4.32. The maximum absolute atomic E-state index is 13.3. The number of para-hydroxylation sites is 1. The van der Waals surface area contributed by atoms with Gasteiger partial charge in [-0.05, 0) is 36.2 Å². The van der Waals surface area contributed by atoms with E-state index in [0.717, 1.165) is 22.4 Å². The molecule has 0 unspecified atom stereocenters. The molecular weight excluding hydrogens is 400 g/mol. The summed E-state index contributed by atoms with van der Waals surface area (Å²) in [4.78, 5) is 28.2. The number of hydrogen-bond donors (Lipinski definition) is 1. The number of carbonyl (C=O) groups is 2. The van der Waals surface area contributed by atoms with Crippen molar-refractivity contribution in [2.24, 2.45) is 5.92 Å². The van der Waals surface area contributed by atoms with Crippen LogP contribution in [0.4, 0.5) is 0 Å². The summed E-state index contributed by atoms with van der Waals surface area (Å²) in [5, 5.41) is 3.07. The lowest BCUT2D eigenvalue weighted by Gasteiger charge is -2.20. The van der Waals surface area contributed by atoms with Gasteiger partial charge in [0.05, 0.1) is 13.0 Å². The molecule has 1 aliphatic rings. The number of nitrogens with one attached hydrogen (secondary N) is 1. The van der Waals surface area contributed by atoms with Crippen molar-refractivity contribution in [1.82, 2.24) is 10.2 Å². The number of hydrogen-bond acceptors (Lipinski definition) is 3. The summed E-state index contributed by atoms with van der Waals surface area (Å²) < 4.78 is 5.57.